The van der Waals surface area contributed by atoms with Crippen molar-refractivity contribution < 1.29 is 8.42 Å². The maximum Gasteiger partial charge on any atom is 0.299 e. The first-order chi connectivity index (χ1) is 8.48. The Balaban J connectivity index is 2.24. The Morgan fingerprint density at radius 2 is 2.11 bits per heavy atom. The van der Waals surface area contributed by atoms with E-state index in [1.807, 2.05) is 12.1 Å². The number of fused-ring (bicyclic) bond motifs is 1. The van der Waals surface area contributed by atoms with Crippen molar-refractivity contribution in [2.24, 2.45) is 0 Å². The van der Waals surface area contributed by atoms with Crippen LogP contribution in [0.2, 0.25) is 0 Å². The van der Waals surface area contributed by atoms with Gasteiger partial charge in [-0.1, -0.05) is 6.07 Å². The van der Waals surface area contributed by atoms with Crippen molar-refractivity contribution in [1.82, 2.24) is 4.72 Å². The smallest absolute Gasteiger partial charge is 0.299 e. The maximum atomic E-state index is 11.9. The monoisotopic (exact) mass is 269 g/mol. The molecule has 1 aromatic rings. The summed E-state index contributed by atoms with van der Waals surface area (Å²) >= 11 is 0. The molecule has 0 aliphatic carbocycles. The Bertz CT molecular complexity index is 526. The van der Waals surface area contributed by atoms with Gasteiger partial charge in [0, 0.05) is 18.3 Å². The van der Waals surface area contributed by atoms with Gasteiger partial charge >= 0.3 is 0 Å². The molecule has 0 atom stereocenters. The molecule has 2 rings (SSSR count). The fraction of sp³-hybridized carbons (Fsp3) is 0.500. The lowest BCUT2D eigenvalue weighted by Gasteiger charge is -2.22. The van der Waals surface area contributed by atoms with Gasteiger partial charge in [-0.3, -0.25) is 4.72 Å². The van der Waals surface area contributed by atoms with Crippen molar-refractivity contribution in [3.63, 3.8) is 0 Å². The van der Waals surface area contributed by atoms with Crippen molar-refractivity contribution in [3.05, 3.63) is 23.8 Å². The van der Waals surface area contributed by atoms with E-state index in [1.165, 1.54) is 0 Å². The van der Waals surface area contributed by atoms with Gasteiger partial charge in [0.2, 0.25) is 0 Å². The second-order valence-corrected chi connectivity index (χ2v) is 6.19. The van der Waals surface area contributed by atoms with Crippen LogP contribution in [0.4, 0.5) is 11.4 Å². The summed E-state index contributed by atoms with van der Waals surface area (Å²) in [6.07, 6.45) is 1.91. The SMILES string of the molecule is CC(C)NS(=O)(=O)Nc1cccc2c1CCCN2. The second kappa shape index (κ2) is 5.16. The highest BCUT2D eigenvalue weighted by Crippen LogP contribution is 2.29. The molecular formula is C12H19N3O2S. The summed E-state index contributed by atoms with van der Waals surface area (Å²) in [6.45, 7) is 4.52. The normalized spacial score (nSPS) is 15.1. The number of rotatable bonds is 4. The lowest BCUT2D eigenvalue weighted by Crippen LogP contribution is -2.35. The van der Waals surface area contributed by atoms with Gasteiger partial charge in [0.05, 0.1) is 5.69 Å². The first-order valence-electron chi connectivity index (χ1n) is 6.14. The number of nitrogens with one attached hydrogen (secondary N) is 3. The van der Waals surface area contributed by atoms with Gasteiger partial charge < -0.3 is 5.32 Å². The number of anilines is 2. The van der Waals surface area contributed by atoms with Crippen LogP contribution in [0.5, 0.6) is 0 Å². The van der Waals surface area contributed by atoms with Crippen LogP contribution in [0.25, 0.3) is 0 Å². The first kappa shape index (κ1) is 13.2. The van der Waals surface area contributed by atoms with Crippen LogP contribution in [0, 0.1) is 0 Å². The third kappa shape index (κ3) is 3.14. The molecule has 1 aliphatic rings. The summed E-state index contributed by atoms with van der Waals surface area (Å²) in [6, 6.07) is 5.50. The largest absolute Gasteiger partial charge is 0.385 e. The van der Waals surface area contributed by atoms with Gasteiger partial charge in [0.15, 0.2) is 0 Å². The highest BCUT2D eigenvalue weighted by Gasteiger charge is 2.17. The molecule has 0 saturated heterocycles. The average Bonchev–Trinajstić information content (AvgIpc) is 2.27. The van der Waals surface area contributed by atoms with Crippen molar-refractivity contribution in [3.8, 4) is 0 Å². The van der Waals surface area contributed by atoms with E-state index in [0.29, 0.717) is 5.69 Å². The molecule has 100 valence electrons. The number of hydrogen-bond donors (Lipinski definition) is 3. The van der Waals surface area contributed by atoms with Crippen LogP contribution in [0.1, 0.15) is 25.8 Å². The maximum absolute atomic E-state index is 11.9. The predicted octanol–water partition coefficient (Wildman–Crippen LogP) is 1.70. The molecule has 0 saturated carbocycles. The van der Waals surface area contributed by atoms with Crippen LogP contribution in [-0.2, 0) is 16.6 Å². The standard InChI is InChI=1S/C12H19N3O2S/c1-9(2)14-18(16,17)15-12-7-3-6-11-10(12)5-4-8-13-11/h3,6-7,9,13-15H,4-5,8H2,1-2H3. The lowest BCUT2D eigenvalue weighted by atomic mass is 10.0. The second-order valence-electron chi connectivity index (χ2n) is 4.74. The fourth-order valence-corrected chi connectivity index (χ4v) is 3.25. The molecule has 1 aliphatic heterocycles. The summed E-state index contributed by atoms with van der Waals surface area (Å²) in [5.74, 6) is 0. The molecule has 0 bridgehead atoms. The zero-order valence-corrected chi connectivity index (χ0v) is 11.5. The van der Waals surface area contributed by atoms with Gasteiger partial charge in [0.1, 0.15) is 0 Å². The van der Waals surface area contributed by atoms with E-state index in [9.17, 15) is 8.42 Å². The summed E-state index contributed by atoms with van der Waals surface area (Å²) in [7, 11) is -3.50. The predicted molar refractivity (Wildman–Crippen MR) is 74.1 cm³/mol. The topological polar surface area (TPSA) is 70.2 Å². The average molecular weight is 269 g/mol. The Kier molecular flexibility index (Phi) is 3.77. The van der Waals surface area contributed by atoms with E-state index < -0.39 is 10.2 Å². The molecule has 0 aromatic heterocycles. The minimum atomic E-state index is -3.50. The van der Waals surface area contributed by atoms with Crippen LogP contribution in [0.3, 0.4) is 0 Å². The molecule has 0 unspecified atom stereocenters. The number of benzene rings is 1. The quantitative estimate of drug-likeness (QED) is 0.779. The molecule has 0 spiro atoms. The van der Waals surface area contributed by atoms with Gasteiger partial charge in [-0.15, -0.1) is 0 Å². The van der Waals surface area contributed by atoms with Crippen LogP contribution in [0.15, 0.2) is 18.2 Å². The molecule has 0 amide bonds. The minimum absolute atomic E-state index is 0.125. The van der Waals surface area contributed by atoms with Gasteiger partial charge in [0.25, 0.3) is 10.2 Å². The Morgan fingerprint density at radius 1 is 1.33 bits per heavy atom. The highest BCUT2D eigenvalue weighted by molar-refractivity contribution is 7.90. The minimum Gasteiger partial charge on any atom is -0.385 e. The van der Waals surface area contributed by atoms with E-state index in [2.05, 4.69) is 14.8 Å². The van der Waals surface area contributed by atoms with Crippen LogP contribution >= 0.6 is 0 Å². The third-order valence-corrected chi connectivity index (χ3v) is 4.00. The van der Waals surface area contributed by atoms with Crippen LogP contribution in [-0.4, -0.2) is 21.0 Å². The molecule has 18 heavy (non-hydrogen) atoms. The molecular weight excluding hydrogens is 250 g/mol. The zero-order chi connectivity index (χ0) is 13.2. The van der Waals surface area contributed by atoms with Crippen molar-refractivity contribution >= 4 is 21.6 Å². The molecule has 1 heterocycles. The molecule has 1 aromatic carbocycles. The molecule has 0 fully saturated rings. The van der Waals surface area contributed by atoms with Crippen molar-refractivity contribution in [2.45, 2.75) is 32.7 Å². The van der Waals surface area contributed by atoms with Gasteiger partial charge in [-0.25, -0.2) is 0 Å². The van der Waals surface area contributed by atoms with E-state index in [0.717, 1.165) is 30.6 Å². The summed E-state index contributed by atoms with van der Waals surface area (Å²) in [5.41, 5.74) is 2.72. The lowest BCUT2D eigenvalue weighted by molar-refractivity contribution is 0.575. The molecule has 0 radical (unpaired) electrons. The molecule has 3 N–H and O–H groups in total. The van der Waals surface area contributed by atoms with Gasteiger partial charge in [-0.05, 0) is 44.4 Å². The summed E-state index contributed by atoms with van der Waals surface area (Å²) < 4.78 is 28.8. The fourth-order valence-electron chi connectivity index (χ4n) is 2.09. The van der Waals surface area contributed by atoms with E-state index in [-0.39, 0.29) is 6.04 Å². The molecule has 5 nitrogen and oxygen atoms in total. The van der Waals surface area contributed by atoms with Crippen molar-refractivity contribution in [1.29, 1.82) is 0 Å². The van der Waals surface area contributed by atoms with E-state index in [1.54, 1.807) is 19.9 Å². The van der Waals surface area contributed by atoms with Crippen molar-refractivity contribution in [2.75, 3.05) is 16.6 Å². The Hall–Kier alpha value is -1.27. The third-order valence-electron chi connectivity index (χ3n) is 2.73. The first-order valence-corrected chi connectivity index (χ1v) is 7.62. The summed E-state index contributed by atoms with van der Waals surface area (Å²) in [4.78, 5) is 0. The Labute approximate surface area is 108 Å². The zero-order valence-electron chi connectivity index (χ0n) is 10.7. The van der Waals surface area contributed by atoms with Gasteiger partial charge in [-0.2, -0.15) is 13.1 Å². The Morgan fingerprint density at radius 3 is 2.83 bits per heavy atom. The highest BCUT2D eigenvalue weighted by atomic mass is 32.2. The van der Waals surface area contributed by atoms with Crippen LogP contribution < -0.4 is 14.8 Å². The number of hydrogen-bond acceptors (Lipinski definition) is 3. The summed E-state index contributed by atoms with van der Waals surface area (Å²) in [5, 5.41) is 3.27. The molecule has 6 heteroatoms. The van der Waals surface area contributed by atoms with E-state index >= 15 is 0 Å². The van der Waals surface area contributed by atoms with E-state index in [4.69, 9.17) is 0 Å².